The Bertz CT molecular complexity index is 464. The Kier molecular flexibility index (Phi) is 6.18. The molecule has 1 fully saturated rings. The van der Waals surface area contributed by atoms with Crippen molar-refractivity contribution in [3.63, 3.8) is 0 Å². The summed E-state index contributed by atoms with van der Waals surface area (Å²) in [5.41, 5.74) is 1.00. The van der Waals surface area contributed by atoms with Crippen molar-refractivity contribution in [1.82, 2.24) is 5.32 Å². The number of halogens is 1. The minimum atomic E-state index is -0.187. The molecule has 2 rings (SSSR count). The van der Waals surface area contributed by atoms with Crippen molar-refractivity contribution in [2.24, 2.45) is 5.92 Å². The van der Waals surface area contributed by atoms with Gasteiger partial charge in [-0.1, -0.05) is 18.6 Å². The van der Waals surface area contributed by atoms with Crippen LogP contribution >= 0.6 is 0 Å². The van der Waals surface area contributed by atoms with Crippen LogP contribution < -0.4 is 5.32 Å². The van der Waals surface area contributed by atoms with E-state index in [2.05, 4.69) is 5.32 Å². The molecular weight excluding hydrogens is 269 g/mol. The normalized spacial score (nSPS) is 22.0. The molecule has 0 amide bonds. The zero-order valence-electron chi connectivity index (χ0n) is 12.6. The van der Waals surface area contributed by atoms with Gasteiger partial charge >= 0.3 is 5.97 Å². The predicted molar refractivity (Wildman–Crippen MR) is 80.5 cm³/mol. The first-order valence-corrected chi connectivity index (χ1v) is 7.83. The van der Waals surface area contributed by atoms with Crippen LogP contribution in [0.15, 0.2) is 24.3 Å². The van der Waals surface area contributed by atoms with E-state index in [9.17, 15) is 9.18 Å². The van der Waals surface area contributed by atoms with E-state index in [1.807, 2.05) is 13.0 Å². The van der Waals surface area contributed by atoms with Crippen LogP contribution in [0.5, 0.6) is 0 Å². The average Bonchev–Trinajstić information content (AvgIpc) is 2.48. The maximum Gasteiger partial charge on any atom is 0.308 e. The van der Waals surface area contributed by atoms with Crippen LogP contribution in [0.1, 0.15) is 38.2 Å². The maximum atomic E-state index is 13.1. The Morgan fingerprint density at radius 3 is 3.05 bits per heavy atom. The van der Waals surface area contributed by atoms with Gasteiger partial charge in [-0.2, -0.15) is 0 Å². The Balaban J connectivity index is 1.74. The number of ether oxygens (including phenoxy) is 1. The van der Waals surface area contributed by atoms with Gasteiger partial charge in [0, 0.05) is 6.04 Å². The lowest BCUT2D eigenvalue weighted by atomic mass is 9.85. The molecule has 1 N–H and O–H groups in total. The lowest BCUT2D eigenvalue weighted by Gasteiger charge is -2.28. The van der Waals surface area contributed by atoms with Crippen molar-refractivity contribution in [2.45, 2.75) is 45.1 Å². The van der Waals surface area contributed by atoms with Crippen LogP contribution in [0.3, 0.4) is 0 Å². The van der Waals surface area contributed by atoms with Crippen molar-refractivity contribution >= 4 is 5.97 Å². The second-order valence-corrected chi connectivity index (χ2v) is 5.65. The molecule has 1 aliphatic carbocycles. The first-order chi connectivity index (χ1) is 10.2. The summed E-state index contributed by atoms with van der Waals surface area (Å²) in [6, 6.07) is 7.07. The highest BCUT2D eigenvalue weighted by Crippen LogP contribution is 2.25. The molecular formula is C17H24FNO2. The zero-order chi connectivity index (χ0) is 15.1. The van der Waals surface area contributed by atoms with Gasteiger partial charge < -0.3 is 10.1 Å². The lowest BCUT2D eigenvalue weighted by molar-refractivity contribution is -0.149. The van der Waals surface area contributed by atoms with Crippen LogP contribution in [0.4, 0.5) is 4.39 Å². The zero-order valence-corrected chi connectivity index (χ0v) is 12.6. The number of rotatable bonds is 6. The van der Waals surface area contributed by atoms with Crippen LogP contribution in [0.25, 0.3) is 0 Å². The third kappa shape index (κ3) is 5.12. The first-order valence-electron chi connectivity index (χ1n) is 7.83. The van der Waals surface area contributed by atoms with Gasteiger partial charge in [-0.3, -0.25) is 4.79 Å². The topological polar surface area (TPSA) is 38.3 Å². The third-order valence-corrected chi connectivity index (χ3v) is 4.03. The second kappa shape index (κ2) is 8.13. The van der Waals surface area contributed by atoms with E-state index in [1.54, 1.807) is 12.1 Å². The highest BCUT2D eigenvalue weighted by molar-refractivity contribution is 5.72. The van der Waals surface area contributed by atoms with Gasteiger partial charge in [0.2, 0.25) is 0 Å². The van der Waals surface area contributed by atoms with Crippen LogP contribution in [0.2, 0.25) is 0 Å². The predicted octanol–water partition coefficient (Wildman–Crippen LogP) is 3.08. The largest absolute Gasteiger partial charge is 0.466 e. The summed E-state index contributed by atoms with van der Waals surface area (Å²) in [6.07, 6.45) is 4.74. The fourth-order valence-electron chi connectivity index (χ4n) is 2.96. The Morgan fingerprint density at radius 2 is 2.29 bits per heavy atom. The summed E-state index contributed by atoms with van der Waals surface area (Å²) in [4.78, 5) is 11.8. The Morgan fingerprint density at radius 1 is 1.43 bits per heavy atom. The van der Waals surface area contributed by atoms with Crippen molar-refractivity contribution < 1.29 is 13.9 Å². The minimum absolute atomic E-state index is 0.0327. The van der Waals surface area contributed by atoms with Crippen molar-refractivity contribution in [3.05, 3.63) is 35.6 Å². The molecule has 0 saturated heterocycles. The highest BCUT2D eigenvalue weighted by atomic mass is 19.1. The molecule has 0 radical (unpaired) electrons. The van der Waals surface area contributed by atoms with E-state index in [1.165, 1.54) is 6.07 Å². The van der Waals surface area contributed by atoms with Gasteiger partial charge in [-0.25, -0.2) is 4.39 Å². The fraction of sp³-hybridized carbons (Fsp3) is 0.588. The third-order valence-electron chi connectivity index (χ3n) is 4.03. The average molecular weight is 293 g/mol. The lowest BCUT2D eigenvalue weighted by Crippen LogP contribution is -2.37. The van der Waals surface area contributed by atoms with E-state index < -0.39 is 0 Å². The van der Waals surface area contributed by atoms with E-state index in [4.69, 9.17) is 4.74 Å². The maximum absolute atomic E-state index is 13.1. The second-order valence-electron chi connectivity index (χ2n) is 5.65. The molecule has 0 spiro atoms. The number of benzene rings is 1. The Hall–Kier alpha value is -1.42. The van der Waals surface area contributed by atoms with Gasteiger partial charge in [-0.05, 0) is 56.8 Å². The number of carbonyl (C=O) groups is 1. The van der Waals surface area contributed by atoms with Gasteiger partial charge in [0.1, 0.15) is 5.82 Å². The summed E-state index contributed by atoms with van der Waals surface area (Å²) in [6.45, 7) is 3.10. The van der Waals surface area contributed by atoms with E-state index in [0.29, 0.717) is 12.6 Å². The van der Waals surface area contributed by atoms with Crippen molar-refractivity contribution in [3.8, 4) is 0 Å². The summed E-state index contributed by atoms with van der Waals surface area (Å²) in [5, 5.41) is 3.49. The molecule has 116 valence electrons. The van der Waals surface area contributed by atoms with Gasteiger partial charge in [0.25, 0.3) is 0 Å². The summed E-state index contributed by atoms with van der Waals surface area (Å²) >= 11 is 0. The molecule has 4 heteroatoms. The monoisotopic (exact) mass is 293 g/mol. The molecule has 3 nitrogen and oxygen atoms in total. The van der Waals surface area contributed by atoms with Crippen LogP contribution in [-0.4, -0.2) is 25.2 Å². The van der Waals surface area contributed by atoms with Gasteiger partial charge in [0.15, 0.2) is 0 Å². The number of esters is 1. The van der Waals surface area contributed by atoms with E-state index >= 15 is 0 Å². The van der Waals surface area contributed by atoms with Gasteiger partial charge in [-0.15, -0.1) is 0 Å². The first kappa shape index (κ1) is 16.0. The number of carbonyl (C=O) groups excluding carboxylic acids is 1. The quantitative estimate of drug-likeness (QED) is 0.819. The molecule has 0 bridgehead atoms. The molecule has 0 heterocycles. The van der Waals surface area contributed by atoms with E-state index in [-0.39, 0.29) is 17.7 Å². The molecule has 2 unspecified atom stereocenters. The molecule has 1 aromatic carbocycles. The summed E-state index contributed by atoms with van der Waals surface area (Å²) < 4.78 is 18.2. The standard InChI is InChI=1S/C17H24FNO2/c1-2-21-17(20)14-6-4-8-16(12-14)19-10-9-13-5-3-7-15(18)11-13/h3,5,7,11,14,16,19H,2,4,6,8-10,12H2,1H3. The van der Waals surface area contributed by atoms with Crippen LogP contribution in [-0.2, 0) is 16.0 Å². The molecule has 21 heavy (non-hydrogen) atoms. The minimum Gasteiger partial charge on any atom is -0.466 e. The Labute approximate surface area is 125 Å². The van der Waals surface area contributed by atoms with Crippen molar-refractivity contribution in [1.29, 1.82) is 0 Å². The fourth-order valence-corrected chi connectivity index (χ4v) is 2.96. The smallest absolute Gasteiger partial charge is 0.308 e. The van der Waals surface area contributed by atoms with E-state index in [0.717, 1.165) is 44.2 Å². The van der Waals surface area contributed by atoms with Crippen molar-refractivity contribution in [2.75, 3.05) is 13.2 Å². The molecule has 2 atom stereocenters. The number of hydrogen-bond donors (Lipinski definition) is 1. The molecule has 1 aromatic rings. The summed E-state index contributed by atoms with van der Waals surface area (Å²) in [5.74, 6) is -0.216. The van der Waals surface area contributed by atoms with Gasteiger partial charge in [0.05, 0.1) is 12.5 Å². The highest BCUT2D eigenvalue weighted by Gasteiger charge is 2.27. The molecule has 0 aliphatic heterocycles. The molecule has 1 aliphatic rings. The SMILES string of the molecule is CCOC(=O)C1CCCC(NCCc2cccc(F)c2)C1. The number of nitrogens with one attached hydrogen (secondary N) is 1. The molecule has 1 saturated carbocycles. The van der Waals surface area contributed by atoms with Crippen LogP contribution in [0, 0.1) is 11.7 Å². The summed E-state index contributed by atoms with van der Waals surface area (Å²) in [7, 11) is 0. The number of hydrogen-bond acceptors (Lipinski definition) is 3. The molecule has 0 aromatic heterocycles.